The second-order valence-electron chi connectivity index (χ2n) is 4.45. The van der Waals surface area contributed by atoms with Gasteiger partial charge in [-0.2, -0.15) is 0 Å². The van der Waals surface area contributed by atoms with Gasteiger partial charge in [-0.15, -0.1) is 0 Å². The summed E-state index contributed by atoms with van der Waals surface area (Å²) in [5.41, 5.74) is 0.441. The number of fused-ring (bicyclic) bond motifs is 1. The Morgan fingerprint density at radius 2 is 2.24 bits per heavy atom. The van der Waals surface area contributed by atoms with Gasteiger partial charge in [0.2, 0.25) is 0 Å². The Hall–Kier alpha value is -1.20. The molecule has 0 aliphatic heterocycles. The van der Waals surface area contributed by atoms with E-state index in [4.69, 9.17) is 4.74 Å². The topological polar surface area (TPSA) is 34.1 Å². The number of rotatable bonds is 4. The fraction of sp³-hybridized carbons (Fsp3) is 0.417. The zero-order chi connectivity index (χ0) is 12.5. The van der Waals surface area contributed by atoms with E-state index in [1.807, 2.05) is 13.8 Å². The second kappa shape index (κ2) is 4.58. The Morgan fingerprint density at radius 1 is 1.47 bits per heavy atom. The minimum Gasteiger partial charge on any atom is -0.377 e. The first-order valence-electron chi connectivity index (χ1n) is 5.35. The number of benzene rings is 1. The maximum atomic E-state index is 13.0. The van der Waals surface area contributed by atoms with Crippen molar-refractivity contribution in [3.8, 4) is 0 Å². The van der Waals surface area contributed by atoms with Crippen LogP contribution in [-0.2, 0) is 4.74 Å². The van der Waals surface area contributed by atoms with Gasteiger partial charge in [-0.3, -0.25) is 0 Å². The summed E-state index contributed by atoms with van der Waals surface area (Å²) in [6.07, 6.45) is 0. The van der Waals surface area contributed by atoms with Crippen LogP contribution in [0.1, 0.15) is 13.8 Å². The van der Waals surface area contributed by atoms with Gasteiger partial charge in [-0.25, -0.2) is 9.37 Å². The summed E-state index contributed by atoms with van der Waals surface area (Å²) in [4.78, 5) is 4.32. The molecule has 0 spiro atoms. The number of hydrogen-bond acceptors (Lipinski definition) is 4. The molecule has 3 nitrogen and oxygen atoms in total. The number of anilines is 1. The van der Waals surface area contributed by atoms with Crippen LogP contribution >= 0.6 is 11.3 Å². The molecule has 5 heteroatoms. The third kappa shape index (κ3) is 2.92. The van der Waals surface area contributed by atoms with Gasteiger partial charge in [0, 0.05) is 19.7 Å². The fourth-order valence-corrected chi connectivity index (χ4v) is 2.18. The average molecular weight is 254 g/mol. The van der Waals surface area contributed by atoms with Gasteiger partial charge in [0.05, 0.1) is 15.8 Å². The van der Waals surface area contributed by atoms with Crippen molar-refractivity contribution < 1.29 is 9.13 Å². The molecule has 0 bridgehead atoms. The summed E-state index contributed by atoms with van der Waals surface area (Å²) >= 11 is 1.51. The number of ether oxygens (including phenoxy) is 1. The first-order valence-corrected chi connectivity index (χ1v) is 6.17. The van der Waals surface area contributed by atoms with E-state index in [-0.39, 0.29) is 11.4 Å². The molecule has 92 valence electrons. The second-order valence-corrected chi connectivity index (χ2v) is 5.48. The van der Waals surface area contributed by atoms with E-state index >= 15 is 0 Å². The third-order valence-electron chi connectivity index (χ3n) is 2.57. The average Bonchev–Trinajstić information content (AvgIpc) is 2.68. The van der Waals surface area contributed by atoms with Crippen LogP contribution < -0.4 is 5.32 Å². The Morgan fingerprint density at radius 3 is 2.94 bits per heavy atom. The molecule has 0 radical (unpaired) electrons. The fourth-order valence-electron chi connectivity index (χ4n) is 1.34. The smallest absolute Gasteiger partial charge is 0.183 e. The van der Waals surface area contributed by atoms with Crippen molar-refractivity contribution in [1.82, 2.24) is 4.98 Å². The molecular weight excluding hydrogens is 239 g/mol. The standard InChI is InChI=1S/C12H15FN2OS/c1-12(2,16-3)7-14-11-15-9-6-8(13)4-5-10(9)17-11/h4-6H,7H2,1-3H3,(H,14,15). The van der Waals surface area contributed by atoms with E-state index in [0.717, 1.165) is 9.83 Å². The van der Waals surface area contributed by atoms with E-state index in [9.17, 15) is 4.39 Å². The predicted molar refractivity (Wildman–Crippen MR) is 69.2 cm³/mol. The molecule has 1 aromatic carbocycles. The molecule has 1 N–H and O–H groups in total. The van der Waals surface area contributed by atoms with Crippen LogP contribution in [0.15, 0.2) is 18.2 Å². The molecule has 0 aliphatic carbocycles. The SMILES string of the molecule is COC(C)(C)CNc1nc2cc(F)ccc2s1. The molecule has 0 saturated heterocycles. The molecule has 1 aromatic heterocycles. The van der Waals surface area contributed by atoms with Crippen LogP contribution in [0.4, 0.5) is 9.52 Å². The number of aromatic nitrogens is 1. The van der Waals surface area contributed by atoms with Gasteiger partial charge in [0.1, 0.15) is 5.82 Å². The number of nitrogens with zero attached hydrogens (tertiary/aromatic N) is 1. The highest BCUT2D eigenvalue weighted by Gasteiger charge is 2.16. The molecule has 0 atom stereocenters. The maximum absolute atomic E-state index is 13.0. The highest BCUT2D eigenvalue weighted by atomic mass is 32.1. The Kier molecular flexibility index (Phi) is 3.31. The van der Waals surface area contributed by atoms with Crippen LogP contribution in [0, 0.1) is 5.82 Å². The zero-order valence-corrected chi connectivity index (χ0v) is 10.9. The van der Waals surface area contributed by atoms with Gasteiger partial charge in [0.25, 0.3) is 0 Å². The van der Waals surface area contributed by atoms with Gasteiger partial charge < -0.3 is 10.1 Å². The number of methoxy groups -OCH3 is 1. The van der Waals surface area contributed by atoms with E-state index in [0.29, 0.717) is 12.1 Å². The number of hydrogen-bond donors (Lipinski definition) is 1. The molecule has 0 amide bonds. The number of nitrogens with one attached hydrogen (secondary N) is 1. The summed E-state index contributed by atoms with van der Waals surface area (Å²) in [5.74, 6) is -0.258. The largest absolute Gasteiger partial charge is 0.377 e. The summed E-state index contributed by atoms with van der Waals surface area (Å²) < 4.78 is 19.3. The molecular formula is C12H15FN2OS. The van der Waals surface area contributed by atoms with Crippen LogP contribution in [0.3, 0.4) is 0 Å². The predicted octanol–water partition coefficient (Wildman–Crippen LogP) is 3.27. The lowest BCUT2D eigenvalue weighted by Crippen LogP contribution is -2.31. The summed E-state index contributed by atoms with van der Waals surface area (Å²) in [6.45, 7) is 4.64. The molecule has 0 unspecified atom stereocenters. The molecule has 0 fully saturated rings. The molecule has 17 heavy (non-hydrogen) atoms. The minimum atomic E-state index is -0.258. The van der Waals surface area contributed by atoms with E-state index in [1.165, 1.54) is 23.5 Å². The summed E-state index contributed by atoms with van der Waals surface area (Å²) in [5, 5.41) is 3.99. The monoisotopic (exact) mass is 254 g/mol. The molecule has 0 saturated carbocycles. The Labute approximate surface area is 104 Å². The zero-order valence-electron chi connectivity index (χ0n) is 10.1. The molecule has 2 rings (SSSR count). The highest BCUT2D eigenvalue weighted by Crippen LogP contribution is 2.26. The van der Waals surface area contributed by atoms with E-state index < -0.39 is 0 Å². The van der Waals surface area contributed by atoms with Crippen molar-refractivity contribution in [2.24, 2.45) is 0 Å². The normalized spacial score (nSPS) is 12.0. The van der Waals surface area contributed by atoms with E-state index in [2.05, 4.69) is 10.3 Å². The quantitative estimate of drug-likeness (QED) is 0.909. The Bertz CT molecular complexity index is 524. The minimum absolute atomic E-state index is 0.247. The van der Waals surface area contributed by atoms with Gasteiger partial charge in [0.15, 0.2) is 5.13 Å². The summed E-state index contributed by atoms with van der Waals surface area (Å²) in [6, 6.07) is 4.64. The van der Waals surface area contributed by atoms with Gasteiger partial charge in [-0.1, -0.05) is 11.3 Å². The molecule has 1 heterocycles. The van der Waals surface area contributed by atoms with Crippen LogP contribution in [0.2, 0.25) is 0 Å². The van der Waals surface area contributed by atoms with Crippen molar-refractivity contribution in [2.45, 2.75) is 19.4 Å². The molecule has 2 aromatic rings. The van der Waals surface area contributed by atoms with Crippen LogP contribution in [0.25, 0.3) is 10.2 Å². The Balaban J connectivity index is 2.15. The maximum Gasteiger partial charge on any atom is 0.183 e. The van der Waals surface area contributed by atoms with Crippen molar-refractivity contribution in [1.29, 1.82) is 0 Å². The first kappa shape index (κ1) is 12.3. The molecule has 0 aliphatic rings. The summed E-state index contributed by atoms with van der Waals surface area (Å²) in [7, 11) is 1.68. The lowest BCUT2D eigenvalue weighted by molar-refractivity contribution is 0.0344. The van der Waals surface area contributed by atoms with Crippen molar-refractivity contribution in [3.05, 3.63) is 24.0 Å². The van der Waals surface area contributed by atoms with Crippen molar-refractivity contribution >= 4 is 26.7 Å². The van der Waals surface area contributed by atoms with Crippen LogP contribution in [0.5, 0.6) is 0 Å². The van der Waals surface area contributed by atoms with Gasteiger partial charge in [-0.05, 0) is 26.0 Å². The lowest BCUT2D eigenvalue weighted by Gasteiger charge is -2.22. The van der Waals surface area contributed by atoms with Crippen LogP contribution in [-0.4, -0.2) is 24.2 Å². The van der Waals surface area contributed by atoms with Crippen molar-refractivity contribution in [2.75, 3.05) is 19.0 Å². The number of thiazole rings is 1. The van der Waals surface area contributed by atoms with E-state index in [1.54, 1.807) is 13.2 Å². The lowest BCUT2D eigenvalue weighted by atomic mass is 10.1. The van der Waals surface area contributed by atoms with Gasteiger partial charge >= 0.3 is 0 Å². The first-order chi connectivity index (χ1) is 8.00. The highest BCUT2D eigenvalue weighted by molar-refractivity contribution is 7.22. The number of halogens is 1. The third-order valence-corrected chi connectivity index (χ3v) is 3.56. The van der Waals surface area contributed by atoms with Crippen molar-refractivity contribution in [3.63, 3.8) is 0 Å².